The minimum atomic E-state index is -2.46. The Bertz CT molecular complexity index is 2870. The van der Waals surface area contributed by atoms with Crippen molar-refractivity contribution < 1.29 is 58.4 Å². The highest BCUT2D eigenvalue weighted by atomic mass is 16.7. The average molecular weight is 953 g/mol. The Morgan fingerprint density at radius 3 is 2.83 bits per heavy atom. The quantitative estimate of drug-likeness (QED) is 0.102. The SMILES string of the molecule is COCCCCNCC1=CC=C2N=CC(C3C=Cc4c(OC)cc5c6c(c7c(O)c5c4OC4OC(CO3)C(O)C(OC#CCc3cccc5c3CN(CC7=O)C5=O)C4(O)CO)C3CCCC3CC6)=C2[CH+]1. The van der Waals surface area contributed by atoms with Crippen LogP contribution in [0.5, 0.6) is 17.2 Å². The lowest BCUT2D eigenvalue weighted by Gasteiger charge is -2.47. The zero-order valence-electron chi connectivity index (χ0n) is 39.4. The van der Waals surface area contributed by atoms with Crippen molar-refractivity contribution >= 4 is 34.8 Å². The second kappa shape index (κ2) is 19.0. The second-order valence-electron chi connectivity index (χ2n) is 19.5. The minimum Gasteiger partial charge on any atom is -0.506 e. The number of rotatable bonds is 10. The van der Waals surface area contributed by atoms with Gasteiger partial charge >= 0.3 is 0 Å². The van der Waals surface area contributed by atoms with Gasteiger partial charge in [-0.05, 0) is 109 Å². The first-order valence-electron chi connectivity index (χ1n) is 24.5. The number of aliphatic imine (C=N–C) groups is 1. The molecule has 0 radical (unpaired) electrons. The van der Waals surface area contributed by atoms with Crippen LogP contribution in [0, 0.1) is 24.4 Å². The van der Waals surface area contributed by atoms with Gasteiger partial charge in [-0.2, -0.15) is 4.99 Å². The lowest BCUT2D eigenvalue weighted by molar-refractivity contribution is -0.327. The molecule has 11 rings (SSSR count). The number of benzene rings is 3. The molecule has 1 amide bonds. The van der Waals surface area contributed by atoms with Gasteiger partial charge in [0.2, 0.25) is 6.29 Å². The average Bonchev–Trinajstić information content (AvgIpc) is 4.10. The van der Waals surface area contributed by atoms with Gasteiger partial charge in [0, 0.05) is 62.9 Å². The third-order valence-corrected chi connectivity index (χ3v) is 15.5. The molecule has 8 bridgehead atoms. The van der Waals surface area contributed by atoms with E-state index in [9.17, 15) is 25.2 Å². The van der Waals surface area contributed by atoms with Gasteiger partial charge < -0.3 is 59.1 Å². The Labute approximate surface area is 406 Å². The van der Waals surface area contributed by atoms with E-state index in [2.05, 4.69) is 23.8 Å². The Balaban J connectivity index is 1.10. The summed E-state index contributed by atoms with van der Waals surface area (Å²) in [5, 5.41) is 53.2. The van der Waals surface area contributed by atoms with Crippen molar-refractivity contribution in [1.82, 2.24) is 10.2 Å². The molecule has 5 aliphatic heterocycles. The maximum absolute atomic E-state index is 15.2. The van der Waals surface area contributed by atoms with Crippen LogP contribution in [0.4, 0.5) is 0 Å². The van der Waals surface area contributed by atoms with Crippen LogP contribution in [0.25, 0.3) is 16.8 Å². The second-order valence-corrected chi connectivity index (χ2v) is 19.5. The number of aliphatic hydroxyl groups excluding tert-OH is 2. The maximum Gasteiger partial charge on any atom is 0.254 e. The fraction of sp³-hybridized carbons (Fsp3) is 0.455. The number of fused-ring (bicyclic) bond motifs is 10. The molecule has 8 atom stereocenters. The highest BCUT2D eigenvalue weighted by molar-refractivity contribution is 6.13. The number of aliphatic hydroxyl groups is 3. The lowest BCUT2D eigenvalue weighted by atomic mass is 9.72. The Kier molecular flexibility index (Phi) is 12.6. The van der Waals surface area contributed by atoms with Gasteiger partial charge in [-0.15, -0.1) is 0 Å². The van der Waals surface area contributed by atoms with Crippen molar-refractivity contribution in [3.8, 4) is 29.3 Å². The molecule has 5 N–H and O–H groups in total. The predicted molar refractivity (Wildman–Crippen MR) is 259 cm³/mol. The molecule has 8 unspecified atom stereocenters. The molecule has 364 valence electrons. The summed E-state index contributed by atoms with van der Waals surface area (Å²) < 4.78 is 37.6. The van der Waals surface area contributed by atoms with Gasteiger partial charge in [-0.3, -0.25) is 9.59 Å². The number of phenols is 1. The van der Waals surface area contributed by atoms with Crippen LogP contribution in [0.2, 0.25) is 0 Å². The van der Waals surface area contributed by atoms with E-state index in [4.69, 9.17) is 33.4 Å². The molecule has 3 aromatic carbocycles. The van der Waals surface area contributed by atoms with Gasteiger partial charge in [0.05, 0.1) is 55.2 Å². The highest BCUT2D eigenvalue weighted by Gasteiger charge is 2.59. The fourth-order valence-corrected chi connectivity index (χ4v) is 11.9. The van der Waals surface area contributed by atoms with E-state index in [1.165, 1.54) is 12.0 Å². The predicted octanol–water partition coefficient (Wildman–Crippen LogP) is 5.15. The van der Waals surface area contributed by atoms with Crippen molar-refractivity contribution in [1.29, 1.82) is 0 Å². The molecular formula is C55H58N3O12+. The van der Waals surface area contributed by atoms with Gasteiger partial charge in [0.25, 0.3) is 5.91 Å². The highest BCUT2D eigenvalue weighted by Crippen LogP contribution is 2.55. The summed E-state index contributed by atoms with van der Waals surface area (Å²) in [4.78, 5) is 35.5. The number of amides is 1. The third-order valence-electron chi connectivity index (χ3n) is 15.5. The summed E-state index contributed by atoms with van der Waals surface area (Å²) >= 11 is 0. The van der Waals surface area contributed by atoms with E-state index in [-0.39, 0.29) is 60.4 Å². The standard InChI is InChI=1S/C55H57N3O12/c1-65-20-4-3-19-56-24-30-13-17-41-37(22-30)39(25-57-41)43-18-16-36-44(66-2)23-38-34-15-14-32-9-5-11-33(32)46(34)48-42(60)27-58-26-40-31(8-6-12-35(40)53(58)63)10-7-21-67-52-49(61)45(28-68-43)69-54(55(52,64)29-59)70-51(36)47(38)50(48)62/h6,8,12-13,16-18,22-23,25,32-33,43,45,49,52,54,56,59,61,64H,3-5,9-11,14-15,19-20,24,26-29H2,1-2H3/p+1. The summed E-state index contributed by atoms with van der Waals surface area (Å²) in [6, 6.07) is 7.22. The van der Waals surface area contributed by atoms with Crippen molar-refractivity contribution in [2.75, 3.05) is 53.7 Å². The number of carbonyl (C=O) groups excluding carboxylic acids is 2. The summed E-state index contributed by atoms with van der Waals surface area (Å²) in [6.07, 6.45) is 13.4. The minimum absolute atomic E-state index is 0.000876. The topological polar surface area (TPSA) is 198 Å². The van der Waals surface area contributed by atoms with Crippen LogP contribution in [0.15, 0.2) is 69.9 Å². The van der Waals surface area contributed by atoms with Crippen LogP contribution in [0.3, 0.4) is 0 Å². The zero-order chi connectivity index (χ0) is 48.3. The molecule has 0 spiro atoms. The normalized spacial score (nSPS) is 28.5. The van der Waals surface area contributed by atoms with E-state index in [1.54, 1.807) is 31.5 Å². The first-order valence-corrected chi connectivity index (χ1v) is 24.5. The van der Waals surface area contributed by atoms with Crippen LogP contribution >= 0.6 is 0 Å². The first-order chi connectivity index (χ1) is 34.1. The van der Waals surface area contributed by atoms with Crippen LogP contribution < -0.4 is 14.8 Å². The summed E-state index contributed by atoms with van der Waals surface area (Å²) in [5.41, 5.74) is 4.97. The number of phenolic OH excluding ortho intramolecular Hbond substituents is 1. The number of aromatic hydroxyl groups is 1. The van der Waals surface area contributed by atoms with Crippen molar-refractivity contribution in [2.45, 2.75) is 100 Å². The zero-order valence-corrected chi connectivity index (χ0v) is 39.4. The first kappa shape index (κ1) is 46.4. The molecule has 8 aliphatic rings. The van der Waals surface area contributed by atoms with E-state index in [1.807, 2.05) is 30.4 Å². The molecule has 3 aliphatic carbocycles. The largest absolute Gasteiger partial charge is 0.506 e. The number of hydrogen-bond acceptors (Lipinski definition) is 14. The van der Waals surface area contributed by atoms with Crippen LogP contribution in [0.1, 0.15) is 93.0 Å². The molecule has 15 nitrogen and oxygen atoms in total. The van der Waals surface area contributed by atoms with Crippen LogP contribution in [-0.2, 0) is 38.3 Å². The lowest BCUT2D eigenvalue weighted by Crippen LogP contribution is -2.70. The molecule has 1 saturated carbocycles. The number of nitrogens with zero attached hydrogens (tertiary/aromatic N) is 2. The summed E-state index contributed by atoms with van der Waals surface area (Å²) in [5.74, 6) is 2.61. The molecule has 1 saturated heterocycles. The van der Waals surface area contributed by atoms with Gasteiger partial charge in [0.1, 0.15) is 47.2 Å². The molecule has 3 aromatic rings. The summed E-state index contributed by atoms with van der Waals surface area (Å²) in [7, 11) is 3.23. The maximum atomic E-state index is 15.2. The van der Waals surface area contributed by atoms with E-state index < -0.39 is 48.7 Å². The fourth-order valence-electron chi connectivity index (χ4n) is 11.9. The number of carbonyl (C=O) groups is 2. The van der Waals surface area contributed by atoms with Gasteiger partial charge in [0.15, 0.2) is 23.2 Å². The number of aryl methyl sites for hydroxylation is 1. The molecule has 5 heterocycles. The van der Waals surface area contributed by atoms with Crippen molar-refractivity contribution in [3.05, 3.63) is 110 Å². The number of unbranched alkanes of at least 4 members (excludes halogenated alkanes) is 1. The van der Waals surface area contributed by atoms with Gasteiger partial charge in [-0.25, -0.2) is 0 Å². The van der Waals surface area contributed by atoms with E-state index in [0.717, 1.165) is 89.7 Å². The molecule has 2 fully saturated rings. The molecular weight excluding hydrogens is 895 g/mol. The Hall–Kier alpha value is -5.96. The number of ketones is 1. The van der Waals surface area contributed by atoms with Gasteiger partial charge in [-0.1, -0.05) is 24.5 Å². The molecule has 70 heavy (non-hydrogen) atoms. The number of methoxy groups -OCH3 is 2. The molecule has 15 heteroatoms. The van der Waals surface area contributed by atoms with Crippen molar-refractivity contribution in [2.24, 2.45) is 10.9 Å². The summed E-state index contributed by atoms with van der Waals surface area (Å²) in [6.45, 7) is 0.805. The Morgan fingerprint density at radius 2 is 1.99 bits per heavy atom. The Morgan fingerprint density at radius 1 is 1.10 bits per heavy atom. The number of ether oxygens (including phenoxy) is 6. The third kappa shape index (κ3) is 7.90. The monoisotopic (exact) mass is 952 g/mol. The number of allylic oxidation sites excluding steroid dienone is 3. The number of nitrogens with one attached hydrogen (secondary N) is 1. The van der Waals surface area contributed by atoms with E-state index >= 15 is 4.79 Å². The van der Waals surface area contributed by atoms with Crippen LogP contribution in [-0.4, -0.2) is 133 Å². The number of hydrogen-bond donors (Lipinski definition) is 5. The van der Waals surface area contributed by atoms with Crippen molar-refractivity contribution in [3.63, 3.8) is 0 Å². The number of Topliss-reactive ketones (excluding diaryl/α,β-unsaturated/α-hetero) is 1. The molecule has 0 aromatic heterocycles. The van der Waals surface area contributed by atoms with E-state index in [0.29, 0.717) is 47.8 Å². The smallest absolute Gasteiger partial charge is 0.254 e.